The highest BCUT2D eigenvalue weighted by molar-refractivity contribution is 7.89. The molecule has 0 spiro atoms. The van der Waals surface area contributed by atoms with E-state index in [1.165, 1.54) is 7.11 Å². The summed E-state index contributed by atoms with van der Waals surface area (Å²) < 4.78 is 30.6. The molecule has 0 saturated carbocycles. The highest BCUT2D eigenvalue weighted by atomic mass is 32.2. The van der Waals surface area contributed by atoms with Crippen LogP contribution in [0.1, 0.15) is 26.2 Å². The third-order valence-corrected chi connectivity index (χ3v) is 4.68. The van der Waals surface area contributed by atoms with Crippen molar-refractivity contribution in [3.8, 4) is 0 Å². The first-order valence-electron chi connectivity index (χ1n) is 6.22. The van der Waals surface area contributed by atoms with Crippen molar-refractivity contribution in [3.05, 3.63) is 0 Å². The maximum Gasteiger partial charge on any atom is 0.306 e. The highest BCUT2D eigenvalue weighted by Gasteiger charge is 2.24. The number of sulfonamides is 1. The maximum absolute atomic E-state index is 11.8. The van der Waals surface area contributed by atoms with E-state index in [-0.39, 0.29) is 18.2 Å². The molecule has 6 nitrogen and oxygen atoms in total. The Kier molecular flexibility index (Phi) is 6.04. The van der Waals surface area contributed by atoms with Gasteiger partial charge < -0.3 is 10.1 Å². The zero-order valence-electron chi connectivity index (χ0n) is 10.9. The summed E-state index contributed by atoms with van der Waals surface area (Å²) in [6.45, 7) is 3.70. The van der Waals surface area contributed by atoms with Crippen LogP contribution < -0.4 is 10.0 Å². The van der Waals surface area contributed by atoms with Crippen LogP contribution in [0.5, 0.6) is 0 Å². The third kappa shape index (κ3) is 5.32. The Morgan fingerprint density at radius 3 is 2.83 bits per heavy atom. The summed E-state index contributed by atoms with van der Waals surface area (Å²) in [5.41, 5.74) is 0. The Morgan fingerprint density at radius 1 is 1.56 bits per heavy atom. The van der Waals surface area contributed by atoms with E-state index in [0.29, 0.717) is 5.92 Å². The monoisotopic (exact) mass is 278 g/mol. The fraction of sp³-hybridized carbons (Fsp3) is 0.909. The van der Waals surface area contributed by atoms with Crippen molar-refractivity contribution in [2.24, 2.45) is 5.92 Å². The lowest BCUT2D eigenvalue weighted by Gasteiger charge is -2.28. The minimum Gasteiger partial charge on any atom is -0.469 e. The lowest BCUT2D eigenvalue weighted by atomic mass is 9.94. The molecule has 1 aliphatic rings. The van der Waals surface area contributed by atoms with Gasteiger partial charge in [-0.15, -0.1) is 0 Å². The van der Waals surface area contributed by atoms with Gasteiger partial charge in [0.15, 0.2) is 0 Å². The number of hydrogen-bond acceptors (Lipinski definition) is 5. The molecule has 1 heterocycles. The molecule has 2 atom stereocenters. The van der Waals surface area contributed by atoms with Crippen LogP contribution in [-0.2, 0) is 19.6 Å². The summed E-state index contributed by atoms with van der Waals surface area (Å²) >= 11 is 0. The number of methoxy groups -OCH3 is 1. The third-order valence-electron chi connectivity index (χ3n) is 3.21. The summed E-state index contributed by atoms with van der Waals surface area (Å²) in [5, 5.41) is 3.25. The van der Waals surface area contributed by atoms with Gasteiger partial charge in [-0.2, -0.15) is 0 Å². The number of hydrogen-bond donors (Lipinski definition) is 2. The molecule has 0 radical (unpaired) electrons. The van der Waals surface area contributed by atoms with Crippen LogP contribution in [-0.4, -0.2) is 46.4 Å². The molecule has 0 aromatic carbocycles. The average molecular weight is 278 g/mol. The molecule has 2 unspecified atom stereocenters. The molecule has 1 rings (SSSR count). The van der Waals surface area contributed by atoms with Gasteiger partial charge in [-0.25, -0.2) is 13.1 Å². The predicted molar refractivity (Wildman–Crippen MR) is 68.6 cm³/mol. The number of piperidine rings is 1. The quantitative estimate of drug-likeness (QED) is 0.661. The van der Waals surface area contributed by atoms with Gasteiger partial charge in [0.2, 0.25) is 10.0 Å². The number of carbonyl (C=O) groups is 1. The maximum atomic E-state index is 11.8. The molecule has 0 bridgehead atoms. The Morgan fingerprint density at radius 2 is 2.28 bits per heavy atom. The second-order valence-corrected chi connectivity index (χ2v) is 6.53. The molecule has 18 heavy (non-hydrogen) atoms. The van der Waals surface area contributed by atoms with E-state index >= 15 is 0 Å². The first-order chi connectivity index (χ1) is 8.44. The van der Waals surface area contributed by atoms with Gasteiger partial charge in [0.1, 0.15) is 0 Å². The Bertz CT molecular complexity index is 363. The van der Waals surface area contributed by atoms with Gasteiger partial charge in [0.25, 0.3) is 0 Å². The fourth-order valence-corrected chi connectivity index (χ4v) is 3.38. The van der Waals surface area contributed by atoms with Crippen molar-refractivity contribution < 1.29 is 17.9 Å². The molecule has 1 aliphatic heterocycles. The second-order valence-electron chi connectivity index (χ2n) is 4.66. The van der Waals surface area contributed by atoms with Crippen LogP contribution >= 0.6 is 0 Å². The van der Waals surface area contributed by atoms with Crippen LogP contribution in [0.4, 0.5) is 0 Å². The van der Waals surface area contributed by atoms with Crippen LogP contribution in [0.15, 0.2) is 0 Å². The zero-order chi connectivity index (χ0) is 13.6. The standard InChI is InChI=1S/C11H22N2O4S/c1-9(10-4-3-6-12-8-10)13-18(15,16)7-5-11(14)17-2/h9-10,12-13H,3-8H2,1-2H3. The second kappa shape index (κ2) is 7.06. The Labute approximate surface area is 109 Å². The number of nitrogens with one attached hydrogen (secondary N) is 2. The van der Waals surface area contributed by atoms with Crippen molar-refractivity contribution in [1.29, 1.82) is 0 Å². The number of esters is 1. The lowest BCUT2D eigenvalue weighted by molar-refractivity contribution is -0.140. The van der Waals surface area contributed by atoms with E-state index in [4.69, 9.17) is 0 Å². The van der Waals surface area contributed by atoms with Gasteiger partial charge >= 0.3 is 5.97 Å². The first kappa shape index (κ1) is 15.4. The molecule has 0 aliphatic carbocycles. The zero-order valence-corrected chi connectivity index (χ0v) is 11.8. The summed E-state index contributed by atoms with van der Waals surface area (Å²) in [5.74, 6) is -0.413. The smallest absolute Gasteiger partial charge is 0.306 e. The van der Waals surface area contributed by atoms with E-state index in [9.17, 15) is 13.2 Å². The van der Waals surface area contributed by atoms with Crippen LogP contribution in [0.2, 0.25) is 0 Å². The highest BCUT2D eigenvalue weighted by Crippen LogP contribution is 2.14. The normalized spacial score (nSPS) is 22.4. The molecule has 106 valence electrons. The van der Waals surface area contributed by atoms with Gasteiger partial charge in [0, 0.05) is 6.04 Å². The van der Waals surface area contributed by atoms with Gasteiger partial charge in [0.05, 0.1) is 19.3 Å². The Balaban J connectivity index is 2.41. The van der Waals surface area contributed by atoms with E-state index in [2.05, 4.69) is 14.8 Å². The molecule has 1 fully saturated rings. The SMILES string of the molecule is COC(=O)CCS(=O)(=O)NC(C)C1CCCNC1. The van der Waals surface area contributed by atoms with E-state index < -0.39 is 16.0 Å². The minimum atomic E-state index is -3.41. The van der Waals surface area contributed by atoms with E-state index in [1.807, 2.05) is 6.92 Å². The van der Waals surface area contributed by atoms with Gasteiger partial charge in [-0.1, -0.05) is 0 Å². The van der Waals surface area contributed by atoms with Crippen molar-refractivity contribution in [2.75, 3.05) is 26.0 Å². The molecule has 7 heteroatoms. The molecular formula is C11H22N2O4S. The van der Waals surface area contributed by atoms with Gasteiger partial charge in [-0.05, 0) is 38.8 Å². The summed E-state index contributed by atoms with van der Waals surface area (Å²) in [4.78, 5) is 10.9. The van der Waals surface area contributed by atoms with Gasteiger partial charge in [-0.3, -0.25) is 4.79 Å². The van der Waals surface area contributed by atoms with Crippen molar-refractivity contribution in [2.45, 2.75) is 32.2 Å². The summed E-state index contributed by atoms with van der Waals surface area (Å²) in [6.07, 6.45) is 1.98. The van der Waals surface area contributed by atoms with Crippen LogP contribution in [0, 0.1) is 5.92 Å². The van der Waals surface area contributed by atoms with Crippen LogP contribution in [0.3, 0.4) is 0 Å². The van der Waals surface area contributed by atoms with E-state index in [0.717, 1.165) is 25.9 Å². The molecule has 0 aromatic rings. The molecule has 1 saturated heterocycles. The molecule has 2 N–H and O–H groups in total. The van der Waals surface area contributed by atoms with E-state index in [1.54, 1.807) is 0 Å². The summed E-state index contributed by atoms with van der Waals surface area (Å²) in [7, 11) is -2.17. The summed E-state index contributed by atoms with van der Waals surface area (Å²) in [6, 6.07) is -0.111. The largest absolute Gasteiger partial charge is 0.469 e. The number of rotatable bonds is 6. The molecular weight excluding hydrogens is 256 g/mol. The number of carbonyl (C=O) groups excluding carboxylic acids is 1. The topological polar surface area (TPSA) is 84.5 Å². The predicted octanol–water partition coefficient (Wildman–Crippen LogP) is -0.143. The molecule has 0 aromatic heterocycles. The Hall–Kier alpha value is -0.660. The fourth-order valence-electron chi connectivity index (χ4n) is 2.06. The number of ether oxygens (including phenoxy) is 1. The van der Waals surface area contributed by atoms with Crippen molar-refractivity contribution in [3.63, 3.8) is 0 Å². The first-order valence-corrected chi connectivity index (χ1v) is 7.87. The lowest BCUT2D eigenvalue weighted by Crippen LogP contribution is -2.45. The van der Waals surface area contributed by atoms with Crippen molar-refractivity contribution in [1.82, 2.24) is 10.0 Å². The van der Waals surface area contributed by atoms with Crippen LogP contribution in [0.25, 0.3) is 0 Å². The minimum absolute atomic E-state index is 0.110. The van der Waals surface area contributed by atoms with Crippen molar-refractivity contribution >= 4 is 16.0 Å². The average Bonchev–Trinajstić information content (AvgIpc) is 2.36. The molecule has 0 amide bonds.